The number of hydrogen-bond acceptors (Lipinski definition) is 2. The lowest BCUT2D eigenvalue weighted by atomic mass is 9.86. The van der Waals surface area contributed by atoms with Gasteiger partial charge in [0.05, 0.1) is 6.42 Å². The summed E-state index contributed by atoms with van der Waals surface area (Å²) in [6.45, 7) is 7.39. The minimum Gasteiger partial charge on any atom is -0.481 e. The zero-order valence-corrected chi connectivity index (χ0v) is 26.1. The number of aromatic nitrogens is 1. The van der Waals surface area contributed by atoms with Crippen molar-refractivity contribution in [3.63, 3.8) is 0 Å². The van der Waals surface area contributed by atoms with Crippen LogP contribution in [0.15, 0.2) is 24.3 Å². The number of carbonyl (C=O) groups excluding carboxylic acids is 1. The van der Waals surface area contributed by atoms with Crippen molar-refractivity contribution in [1.82, 2.24) is 4.57 Å². The van der Waals surface area contributed by atoms with E-state index in [9.17, 15) is 14.7 Å². The van der Waals surface area contributed by atoms with Gasteiger partial charge >= 0.3 is 5.97 Å². The lowest BCUT2D eigenvalue weighted by molar-refractivity contribution is -0.136. The molecule has 0 atom stereocenters. The number of carboxylic acids is 1. The van der Waals surface area contributed by atoms with E-state index in [0.717, 1.165) is 53.9 Å². The van der Waals surface area contributed by atoms with Gasteiger partial charge in [0.15, 0.2) is 5.78 Å². The lowest BCUT2D eigenvalue weighted by Crippen LogP contribution is -2.16. The molecule has 2 aromatic rings. The number of rotatable bonds is 20. The van der Waals surface area contributed by atoms with Crippen LogP contribution < -0.4 is 0 Å². The van der Waals surface area contributed by atoms with Crippen molar-refractivity contribution in [2.75, 3.05) is 0 Å². The second-order valence-corrected chi connectivity index (χ2v) is 13.2. The zero-order valence-electron chi connectivity index (χ0n) is 25.3. The first kappa shape index (κ1) is 32.4. The van der Waals surface area contributed by atoms with Crippen LogP contribution >= 0.6 is 11.6 Å². The number of benzene rings is 1. The Hall–Kier alpha value is -2.07. The van der Waals surface area contributed by atoms with E-state index in [1.165, 1.54) is 83.5 Å². The highest BCUT2D eigenvalue weighted by Crippen LogP contribution is 2.43. The zero-order chi connectivity index (χ0) is 29.0. The third kappa shape index (κ3) is 9.79. The van der Waals surface area contributed by atoms with Crippen LogP contribution in [0.25, 0.3) is 11.1 Å². The molecule has 1 N–H and O–H groups in total. The topological polar surface area (TPSA) is 59.3 Å². The SMILES string of the molecule is CCCCCCCCCCCCCCCCCC(=O)c1c(-c2ccc(Cl)cc2)c(CC(=O)O)n2c1CC(C)(C)C2. The molecule has 0 saturated carbocycles. The summed E-state index contributed by atoms with van der Waals surface area (Å²) in [5.74, 6) is -0.723. The van der Waals surface area contributed by atoms with Crippen molar-refractivity contribution in [2.45, 2.75) is 143 Å². The molecule has 40 heavy (non-hydrogen) atoms. The number of aliphatic carboxylic acids is 1. The lowest BCUT2D eigenvalue weighted by Gasteiger charge is -2.18. The van der Waals surface area contributed by atoms with Crippen molar-refractivity contribution in [1.29, 1.82) is 0 Å². The summed E-state index contributed by atoms with van der Waals surface area (Å²) in [4.78, 5) is 25.6. The normalized spacial score (nSPS) is 14.0. The van der Waals surface area contributed by atoms with E-state index < -0.39 is 5.97 Å². The van der Waals surface area contributed by atoms with E-state index in [2.05, 4.69) is 25.3 Å². The van der Waals surface area contributed by atoms with Gasteiger partial charge in [0.25, 0.3) is 0 Å². The third-order valence-electron chi connectivity index (χ3n) is 8.45. The predicted octanol–water partition coefficient (Wildman–Crippen LogP) is 10.5. The molecule has 0 amide bonds. The van der Waals surface area contributed by atoms with Crippen LogP contribution in [0.5, 0.6) is 0 Å². The van der Waals surface area contributed by atoms with E-state index in [-0.39, 0.29) is 17.6 Å². The first-order valence-electron chi connectivity index (χ1n) is 16.0. The Labute approximate surface area is 247 Å². The molecule has 0 bridgehead atoms. The number of halogens is 1. The van der Waals surface area contributed by atoms with Crippen molar-refractivity contribution in [3.8, 4) is 11.1 Å². The molecule has 0 saturated heterocycles. The van der Waals surface area contributed by atoms with Gasteiger partial charge in [0.2, 0.25) is 0 Å². The molecule has 1 aliphatic heterocycles. The molecule has 1 aromatic carbocycles. The van der Waals surface area contributed by atoms with E-state index in [4.69, 9.17) is 11.6 Å². The molecule has 222 valence electrons. The van der Waals surface area contributed by atoms with Crippen molar-refractivity contribution in [2.24, 2.45) is 5.41 Å². The van der Waals surface area contributed by atoms with E-state index in [1.807, 2.05) is 24.3 Å². The Balaban J connectivity index is 1.50. The van der Waals surface area contributed by atoms with Crippen LogP contribution in [0.3, 0.4) is 0 Å². The second-order valence-electron chi connectivity index (χ2n) is 12.8. The average molecular weight is 570 g/mol. The Kier molecular flexibility index (Phi) is 13.3. The number of ketones is 1. The minimum absolute atomic E-state index is 0.00474. The maximum atomic E-state index is 13.7. The summed E-state index contributed by atoms with van der Waals surface area (Å²) in [5.41, 5.74) is 4.18. The van der Waals surface area contributed by atoms with Gasteiger partial charge in [0.1, 0.15) is 0 Å². The highest BCUT2D eigenvalue weighted by molar-refractivity contribution is 6.30. The third-order valence-corrected chi connectivity index (χ3v) is 8.70. The fourth-order valence-corrected chi connectivity index (χ4v) is 6.50. The average Bonchev–Trinajstić information content (AvgIpc) is 3.36. The molecule has 0 unspecified atom stereocenters. The van der Waals surface area contributed by atoms with E-state index in [1.54, 1.807) is 0 Å². The highest BCUT2D eigenvalue weighted by Gasteiger charge is 2.37. The Bertz CT molecular complexity index is 1080. The largest absolute Gasteiger partial charge is 0.481 e. The number of Topliss-reactive ketones (excluding diaryl/α,β-unsaturated/α-hetero) is 1. The van der Waals surface area contributed by atoms with Gasteiger partial charge in [-0.1, -0.05) is 134 Å². The van der Waals surface area contributed by atoms with Crippen LogP contribution in [0, 0.1) is 5.41 Å². The quantitative estimate of drug-likeness (QED) is 0.127. The number of unbranched alkanes of at least 4 members (excludes halogenated alkanes) is 14. The van der Waals surface area contributed by atoms with Gasteiger partial charge in [-0.05, 0) is 36.0 Å². The standard InChI is InChI=1S/C35H52ClNO3/c1-4-5-6-7-8-9-10-11-12-13-14-15-16-17-18-19-31(38)34-30-25-35(2,3)26-37(30)29(24-32(39)40)33(34)27-20-22-28(36)23-21-27/h20-23H,4-19,24-26H2,1-3H3,(H,39,40). The first-order valence-corrected chi connectivity index (χ1v) is 16.4. The van der Waals surface area contributed by atoms with Crippen molar-refractivity contribution >= 4 is 23.4 Å². The summed E-state index contributed by atoms with van der Waals surface area (Å²) < 4.78 is 2.12. The summed E-state index contributed by atoms with van der Waals surface area (Å²) in [6.07, 6.45) is 20.7. The first-order chi connectivity index (χ1) is 19.2. The fraction of sp³-hybridized carbons (Fsp3) is 0.657. The number of carboxylic acid groups (broad SMARTS) is 1. The molecule has 0 aliphatic carbocycles. The molecule has 1 aliphatic rings. The summed E-state index contributed by atoms with van der Waals surface area (Å²) in [7, 11) is 0. The van der Waals surface area contributed by atoms with Crippen LogP contribution in [-0.4, -0.2) is 21.4 Å². The number of hydrogen-bond donors (Lipinski definition) is 1. The Morgan fingerprint density at radius 3 is 1.82 bits per heavy atom. The summed E-state index contributed by atoms with van der Waals surface area (Å²) in [5, 5.41) is 10.4. The number of carbonyl (C=O) groups is 2. The van der Waals surface area contributed by atoms with Gasteiger partial charge in [0, 0.05) is 40.5 Å². The van der Waals surface area contributed by atoms with E-state index in [0.29, 0.717) is 11.4 Å². The molecule has 0 spiro atoms. The summed E-state index contributed by atoms with van der Waals surface area (Å²) in [6, 6.07) is 7.46. The second kappa shape index (κ2) is 16.4. The summed E-state index contributed by atoms with van der Waals surface area (Å²) >= 11 is 6.15. The van der Waals surface area contributed by atoms with Gasteiger partial charge < -0.3 is 9.67 Å². The van der Waals surface area contributed by atoms with Crippen LogP contribution in [0.2, 0.25) is 5.02 Å². The van der Waals surface area contributed by atoms with Gasteiger partial charge in [-0.2, -0.15) is 0 Å². The molecule has 0 fully saturated rings. The van der Waals surface area contributed by atoms with Crippen LogP contribution in [0.1, 0.15) is 145 Å². The molecule has 1 aromatic heterocycles. The van der Waals surface area contributed by atoms with Gasteiger partial charge in [-0.3, -0.25) is 9.59 Å². The van der Waals surface area contributed by atoms with Crippen molar-refractivity contribution < 1.29 is 14.7 Å². The maximum absolute atomic E-state index is 13.7. The highest BCUT2D eigenvalue weighted by atomic mass is 35.5. The smallest absolute Gasteiger partial charge is 0.309 e. The van der Waals surface area contributed by atoms with Gasteiger partial charge in [-0.15, -0.1) is 0 Å². The fourth-order valence-electron chi connectivity index (χ4n) is 6.37. The predicted molar refractivity (Wildman–Crippen MR) is 168 cm³/mol. The molecule has 5 heteroatoms. The van der Waals surface area contributed by atoms with E-state index >= 15 is 0 Å². The molecule has 0 radical (unpaired) electrons. The molecular formula is C35H52ClNO3. The molecular weight excluding hydrogens is 518 g/mol. The maximum Gasteiger partial charge on any atom is 0.309 e. The number of fused-ring (bicyclic) bond motifs is 1. The Morgan fingerprint density at radius 2 is 1.32 bits per heavy atom. The molecule has 4 nitrogen and oxygen atoms in total. The molecule has 2 heterocycles. The monoisotopic (exact) mass is 569 g/mol. The minimum atomic E-state index is -0.873. The molecule has 3 rings (SSSR count). The van der Waals surface area contributed by atoms with Crippen LogP contribution in [0.4, 0.5) is 0 Å². The Morgan fingerprint density at radius 1 is 0.825 bits per heavy atom. The number of nitrogens with zero attached hydrogens (tertiary/aromatic N) is 1. The van der Waals surface area contributed by atoms with Crippen molar-refractivity contribution in [3.05, 3.63) is 46.2 Å². The van der Waals surface area contributed by atoms with Gasteiger partial charge in [-0.25, -0.2) is 0 Å². The van der Waals surface area contributed by atoms with Crippen LogP contribution in [-0.2, 0) is 24.2 Å².